The summed E-state index contributed by atoms with van der Waals surface area (Å²) in [6.45, 7) is 0.524. The van der Waals surface area contributed by atoms with Gasteiger partial charge in [0, 0.05) is 12.0 Å². The molecule has 0 radical (unpaired) electrons. The van der Waals surface area contributed by atoms with Crippen molar-refractivity contribution in [2.24, 2.45) is 0 Å². The van der Waals surface area contributed by atoms with Gasteiger partial charge in [-0.2, -0.15) is 0 Å². The van der Waals surface area contributed by atoms with Gasteiger partial charge in [0.05, 0.1) is 19.3 Å². The van der Waals surface area contributed by atoms with E-state index in [0.717, 1.165) is 5.56 Å². The van der Waals surface area contributed by atoms with Gasteiger partial charge < -0.3 is 14.6 Å². The number of fused-ring (bicyclic) bond motifs is 1. The van der Waals surface area contributed by atoms with Gasteiger partial charge in [0.25, 0.3) is 0 Å². The molecule has 1 aromatic rings. The zero-order chi connectivity index (χ0) is 10.1. The molecule has 4 nitrogen and oxygen atoms in total. The highest BCUT2D eigenvalue weighted by Gasteiger charge is 2.23. The molecule has 0 saturated carbocycles. The lowest BCUT2D eigenvalue weighted by molar-refractivity contribution is 0.0696. The number of rotatable bonds is 2. The molecule has 0 amide bonds. The fourth-order valence-corrected chi connectivity index (χ4v) is 1.63. The van der Waals surface area contributed by atoms with Crippen molar-refractivity contribution in [3.63, 3.8) is 0 Å². The van der Waals surface area contributed by atoms with Crippen LogP contribution < -0.4 is 9.47 Å². The number of carboxylic acid groups (broad SMARTS) is 1. The average Bonchev–Trinajstić information content (AvgIpc) is 2.64. The molecule has 74 valence electrons. The molecule has 14 heavy (non-hydrogen) atoms. The fourth-order valence-electron chi connectivity index (χ4n) is 1.63. The van der Waals surface area contributed by atoms with E-state index in [4.69, 9.17) is 14.6 Å². The first kappa shape index (κ1) is 8.87. The Labute approximate surface area is 81.1 Å². The van der Waals surface area contributed by atoms with Gasteiger partial charge in [-0.15, -0.1) is 0 Å². The third kappa shape index (κ3) is 1.19. The minimum absolute atomic E-state index is 0.304. The zero-order valence-electron chi connectivity index (χ0n) is 7.74. The summed E-state index contributed by atoms with van der Waals surface area (Å²) in [6.07, 6.45) is 0.633. The van der Waals surface area contributed by atoms with E-state index < -0.39 is 5.97 Å². The van der Waals surface area contributed by atoms with Crippen molar-refractivity contribution >= 4 is 5.97 Å². The van der Waals surface area contributed by atoms with Crippen LogP contribution in [0.1, 0.15) is 15.9 Å². The highest BCUT2D eigenvalue weighted by Crippen LogP contribution is 2.37. The van der Waals surface area contributed by atoms with Crippen LogP contribution in [0.2, 0.25) is 0 Å². The molecule has 0 spiro atoms. The number of methoxy groups -OCH3 is 1. The van der Waals surface area contributed by atoms with E-state index in [-0.39, 0.29) is 0 Å². The highest BCUT2D eigenvalue weighted by atomic mass is 16.5. The summed E-state index contributed by atoms with van der Waals surface area (Å²) in [5, 5.41) is 8.92. The smallest absolute Gasteiger partial charge is 0.336 e. The Kier molecular flexibility index (Phi) is 2.04. The van der Waals surface area contributed by atoms with Gasteiger partial charge in [-0.3, -0.25) is 0 Å². The summed E-state index contributed by atoms with van der Waals surface area (Å²) in [4.78, 5) is 10.9. The molecule has 0 bridgehead atoms. The van der Waals surface area contributed by atoms with Gasteiger partial charge in [0.1, 0.15) is 0 Å². The molecule has 0 aliphatic carbocycles. The van der Waals surface area contributed by atoms with Crippen molar-refractivity contribution < 1.29 is 19.4 Å². The maximum Gasteiger partial charge on any atom is 0.336 e. The fraction of sp³-hybridized carbons (Fsp3) is 0.300. The van der Waals surface area contributed by atoms with Gasteiger partial charge in [-0.05, 0) is 12.1 Å². The normalized spacial score (nSPS) is 13.2. The minimum atomic E-state index is -0.922. The topological polar surface area (TPSA) is 55.8 Å². The van der Waals surface area contributed by atoms with Crippen molar-refractivity contribution in [1.29, 1.82) is 0 Å². The van der Waals surface area contributed by atoms with Crippen molar-refractivity contribution in [1.82, 2.24) is 0 Å². The Balaban J connectivity index is 2.58. The molecular formula is C10H10O4. The monoisotopic (exact) mass is 194 g/mol. The SMILES string of the molecule is COc1ccc(C(=O)O)c2c1OCC2. The molecule has 0 atom stereocenters. The largest absolute Gasteiger partial charge is 0.493 e. The van der Waals surface area contributed by atoms with Crippen molar-refractivity contribution in [2.45, 2.75) is 6.42 Å². The molecule has 0 aromatic heterocycles. The van der Waals surface area contributed by atoms with Crippen LogP contribution in [0.3, 0.4) is 0 Å². The third-order valence-corrected chi connectivity index (χ3v) is 2.27. The van der Waals surface area contributed by atoms with Crippen LogP contribution in [0, 0.1) is 0 Å². The van der Waals surface area contributed by atoms with E-state index in [1.54, 1.807) is 12.1 Å². The first-order valence-corrected chi connectivity index (χ1v) is 4.30. The summed E-state index contributed by atoms with van der Waals surface area (Å²) in [5.41, 5.74) is 1.04. The lowest BCUT2D eigenvalue weighted by Crippen LogP contribution is -2.01. The van der Waals surface area contributed by atoms with Gasteiger partial charge in [0.2, 0.25) is 0 Å². The van der Waals surface area contributed by atoms with Gasteiger partial charge in [0.15, 0.2) is 11.5 Å². The second-order valence-electron chi connectivity index (χ2n) is 3.03. The Morgan fingerprint density at radius 2 is 2.36 bits per heavy atom. The van der Waals surface area contributed by atoms with E-state index in [1.165, 1.54) is 7.11 Å². The number of ether oxygens (including phenoxy) is 2. The second-order valence-corrected chi connectivity index (χ2v) is 3.03. The molecule has 1 heterocycles. The zero-order valence-corrected chi connectivity index (χ0v) is 7.74. The lowest BCUT2D eigenvalue weighted by Gasteiger charge is -2.07. The molecular weight excluding hydrogens is 184 g/mol. The summed E-state index contributed by atoms with van der Waals surface area (Å²) in [5.74, 6) is 0.254. The maximum atomic E-state index is 10.9. The van der Waals surface area contributed by atoms with Crippen molar-refractivity contribution in [2.75, 3.05) is 13.7 Å². The Hall–Kier alpha value is -1.71. The van der Waals surface area contributed by atoms with Crippen LogP contribution in [0.25, 0.3) is 0 Å². The first-order valence-electron chi connectivity index (χ1n) is 4.30. The summed E-state index contributed by atoms with van der Waals surface area (Å²) >= 11 is 0. The Morgan fingerprint density at radius 1 is 1.57 bits per heavy atom. The van der Waals surface area contributed by atoms with Crippen molar-refractivity contribution in [3.05, 3.63) is 23.3 Å². The Morgan fingerprint density at radius 3 is 3.00 bits per heavy atom. The number of hydrogen-bond donors (Lipinski definition) is 1. The molecule has 4 heteroatoms. The van der Waals surface area contributed by atoms with Crippen LogP contribution in [-0.2, 0) is 6.42 Å². The van der Waals surface area contributed by atoms with Gasteiger partial charge in [-0.25, -0.2) is 4.79 Å². The summed E-state index contributed by atoms with van der Waals surface area (Å²) in [6, 6.07) is 3.17. The third-order valence-electron chi connectivity index (χ3n) is 2.27. The van der Waals surface area contributed by atoms with Crippen LogP contribution in [0.5, 0.6) is 11.5 Å². The lowest BCUT2D eigenvalue weighted by atomic mass is 10.0. The highest BCUT2D eigenvalue weighted by molar-refractivity contribution is 5.91. The molecule has 1 aliphatic heterocycles. The average molecular weight is 194 g/mol. The van der Waals surface area contributed by atoms with E-state index >= 15 is 0 Å². The van der Waals surface area contributed by atoms with Gasteiger partial charge in [-0.1, -0.05) is 0 Å². The number of carboxylic acids is 1. The standard InChI is InChI=1S/C10H10O4/c1-13-8-3-2-7(10(11)12)6-4-5-14-9(6)8/h2-3H,4-5H2,1H3,(H,11,12). The molecule has 0 saturated heterocycles. The number of hydrogen-bond acceptors (Lipinski definition) is 3. The van der Waals surface area contributed by atoms with Crippen LogP contribution in [0.4, 0.5) is 0 Å². The van der Waals surface area contributed by atoms with Gasteiger partial charge >= 0.3 is 5.97 Å². The molecule has 0 fully saturated rings. The van der Waals surface area contributed by atoms with Crippen LogP contribution >= 0.6 is 0 Å². The molecule has 2 rings (SSSR count). The van der Waals surface area contributed by atoms with Crippen LogP contribution in [-0.4, -0.2) is 24.8 Å². The van der Waals surface area contributed by atoms with E-state index in [9.17, 15) is 4.79 Å². The first-order chi connectivity index (χ1) is 6.74. The number of aromatic carboxylic acids is 1. The maximum absolute atomic E-state index is 10.9. The van der Waals surface area contributed by atoms with E-state index in [1.807, 2.05) is 0 Å². The van der Waals surface area contributed by atoms with Crippen LogP contribution in [0.15, 0.2) is 12.1 Å². The number of carbonyl (C=O) groups is 1. The minimum Gasteiger partial charge on any atom is -0.493 e. The quantitative estimate of drug-likeness (QED) is 0.771. The second kappa shape index (κ2) is 3.21. The predicted octanol–water partition coefficient (Wildman–Crippen LogP) is 1.33. The summed E-state index contributed by atoms with van der Waals surface area (Å²) < 4.78 is 10.4. The predicted molar refractivity (Wildman–Crippen MR) is 49.2 cm³/mol. The molecule has 1 N–H and O–H groups in total. The van der Waals surface area contributed by atoms with E-state index in [0.29, 0.717) is 30.1 Å². The van der Waals surface area contributed by atoms with E-state index in [2.05, 4.69) is 0 Å². The molecule has 1 aromatic carbocycles. The Bertz CT molecular complexity index is 384. The van der Waals surface area contributed by atoms with Crippen molar-refractivity contribution in [3.8, 4) is 11.5 Å². The molecule has 0 unspecified atom stereocenters. The number of benzene rings is 1. The summed E-state index contributed by atoms with van der Waals surface area (Å²) in [7, 11) is 1.54. The molecule has 1 aliphatic rings.